The first-order valence-corrected chi connectivity index (χ1v) is 14.5. The molecule has 194 valence electrons. The van der Waals surface area contributed by atoms with Crippen molar-refractivity contribution >= 4 is 65.7 Å². The number of nitrogens with zero attached hydrogens (tertiary/aromatic N) is 4. The Kier molecular flexibility index (Phi) is 7.08. The second-order valence-corrected chi connectivity index (χ2v) is 13.1. The predicted molar refractivity (Wildman–Crippen MR) is 147 cm³/mol. The molecule has 1 amide bonds. The Hall–Kier alpha value is -2.83. The van der Waals surface area contributed by atoms with Crippen molar-refractivity contribution in [3.8, 4) is 0 Å². The Balaban J connectivity index is 1.42. The standard InChI is InChI=1S/C25H27ClN6O3S2/c1-15(2)28-10-19-12-31(37(34,35)24-8-17-4-5-18(26)9-22(17)36-24)13-23(33)32(19)11-16-3-6-20-21(7-16)29-14-30-25(20)27/h3-9,14-15,19,28H,10-13H2,1-2H3,(H2,27,29,30). The van der Waals surface area contributed by atoms with Crippen LogP contribution in [-0.4, -0.2) is 65.2 Å². The van der Waals surface area contributed by atoms with Crippen molar-refractivity contribution in [2.75, 3.05) is 25.4 Å². The number of rotatable bonds is 7. The summed E-state index contributed by atoms with van der Waals surface area (Å²) in [5.74, 6) is 0.144. The molecule has 12 heteroatoms. The lowest BCUT2D eigenvalue weighted by atomic mass is 10.1. The fraction of sp³-hybridized carbons (Fsp3) is 0.320. The summed E-state index contributed by atoms with van der Waals surface area (Å²) in [6, 6.07) is 12.4. The molecule has 0 aliphatic carbocycles. The van der Waals surface area contributed by atoms with Gasteiger partial charge < -0.3 is 16.0 Å². The zero-order chi connectivity index (χ0) is 26.3. The summed E-state index contributed by atoms with van der Waals surface area (Å²) < 4.78 is 29.5. The van der Waals surface area contributed by atoms with Gasteiger partial charge >= 0.3 is 0 Å². The molecule has 1 fully saturated rings. The molecule has 3 heterocycles. The number of nitrogen functional groups attached to an aromatic ring is 1. The van der Waals surface area contributed by atoms with Crippen molar-refractivity contribution < 1.29 is 13.2 Å². The topological polar surface area (TPSA) is 122 Å². The number of sulfonamides is 1. The van der Waals surface area contributed by atoms with E-state index in [1.807, 2.05) is 32.0 Å². The second kappa shape index (κ2) is 10.1. The monoisotopic (exact) mass is 558 g/mol. The largest absolute Gasteiger partial charge is 0.383 e. The van der Waals surface area contributed by atoms with E-state index in [4.69, 9.17) is 17.3 Å². The highest BCUT2D eigenvalue weighted by molar-refractivity contribution is 7.91. The van der Waals surface area contributed by atoms with Gasteiger partial charge in [0.25, 0.3) is 10.0 Å². The molecule has 0 bridgehead atoms. The Morgan fingerprint density at radius 2 is 2.00 bits per heavy atom. The van der Waals surface area contributed by atoms with E-state index in [0.717, 1.165) is 32.4 Å². The zero-order valence-corrected chi connectivity index (χ0v) is 22.8. The Morgan fingerprint density at radius 1 is 1.19 bits per heavy atom. The van der Waals surface area contributed by atoms with Crippen molar-refractivity contribution in [3.63, 3.8) is 0 Å². The molecule has 3 N–H and O–H groups in total. The molecule has 0 spiro atoms. The Labute approximate surface area is 224 Å². The normalized spacial score (nSPS) is 17.4. The summed E-state index contributed by atoms with van der Waals surface area (Å²) in [7, 11) is -3.87. The number of hydrogen-bond donors (Lipinski definition) is 2. The number of fused-ring (bicyclic) bond motifs is 2. The molecule has 2 aromatic heterocycles. The highest BCUT2D eigenvalue weighted by Gasteiger charge is 2.39. The van der Waals surface area contributed by atoms with Crippen molar-refractivity contribution in [3.05, 3.63) is 59.4 Å². The maximum absolute atomic E-state index is 13.6. The molecule has 9 nitrogen and oxygen atoms in total. The fourth-order valence-corrected chi connectivity index (χ4v) is 7.70. The van der Waals surface area contributed by atoms with Crippen molar-refractivity contribution in [2.45, 2.75) is 36.7 Å². The average molecular weight is 559 g/mol. The minimum Gasteiger partial charge on any atom is -0.383 e. The number of hydrogen-bond acceptors (Lipinski definition) is 8. The zero-order valence-electron chi connectivity index (χ0n) is 20.4. The number of piperazine rings is 1. The molecule has 37 heavy (non-hydrogen) atoms. The third kappa shape index (κ3) is 5.27. The molecule has 4 aromatic rings. The Bertz CT molecular complexity index is 1590. The summed E-state index contributed by atoms with van der Waals surface area (Å²) in [5, 5.41) is 5.46. The van der Waals surface area contributed by atoms with E-state index in [0.29, 0.717) is 29.4 Å². The minimum absolute atomic E-state index is 0.177. The SMILES string of the molecule is CC(C)NCC1CN(S(=O)(=O)c2cc3ccc(Cl)cc3s2)CC(=O)N1Cc1ccc2c(N)ncnc2c1. The van der Waals surface area contributed by atoms with Crippen molar-refractivity contribution in [2.24, 2.45) is 0 Å². The molecule has 1 aliphatic rings. The van der Waals surface area contributed by atoms with Gasteiger partial charge in [-0.05, 0) is 41.3 Å². The third-order valence-corrected chi connectivity index (χ3v) is 9.98. The van der Waals surface area contributed by atoms with Gasteiger partial charge in [0.05, 0.1) is 18.1 Å². The van der Waals surface area contributed by atoms with Gasteiger partial charge in [-0.25, -0.2) is 18.4 Å². The van der Waals surface area contributed by atoms with Crippen LogP contribution in [0.1, 0.15) is 19.4 Å². The number of nitrogens with two attached hydrogens (primary N) is 1. The summed E-state index contributed by atoms with van der Waals surface area (Å²) >= 11 is 7.25. The summed E-state index contributed by atoms with van der Waals surface area (Å²) in [5.41, 5.74) is 7.52. The molecule has 1 unspecified atom stereocenters. The molecule has 0 radical (unpaired) electrons. The first-order valence-electron chi connectivity index (χ1n) is 11.8. The van der Waals surface area contributed by atoms with Gasteiger partial charge in [-0.3, -0.25) is 4.79 Å². The predicted octanol–water partition coefficient (Wildman–Crippen LogP) is 3.48. The molecule has 1 saturated heterocycles. The first-order chi connectivity index (χ1) is 17.6. The van der Waals surface area contributed by atoms with Gasteiger partial charge in [-0.1, -0.05) is 37.6 Å². The van der Waals surface area contributed by atoms with E-state index in [1.165, 1.54) is 10.6 Å². The number of nitrogens with one attached hydrogen (secondary N) is 1. The van der Waals surface area contributed by atoms with Crippen LogP contribution in [0.5, 0.6) is 0 Å². The first kappa shape index (κ1) is 25.8. The van der Waals surface area contributed by atoms with E-state index in [1.54, 1.807) is 29.2 Å². The highest BCUT2D eigenvalue weighted by Crippen LogP contribution is 2.33. The summed E-state index contributed by atoms with van der Waals surface area (Å²) in [4.78, 5) is 23.5. The second-order valence-electron chi connectivity index (χ2n) is 9.39. The van der Waals surface area contributed by atoms with Crippen LogP contribution in [0.25, 0.3) is 21.0 Å². The molecule has 1 aliphatic heterocycles. The lowest BCUT2D eigenvalue weighted by Gasteiger charge is -2.40. The molecular formula is C25H27ClN6O3S2. The maximum atomic E-state index is 13.6. The van der Waals surface area contributed by atoms with E-state index >= 15 is 0 Å². The Morgan fingerprint density at radius 3 is 2.78 bits per heavy atom. The number of halogens is 1. The van der Waals surface area contributed by atoms with Crippen molar-refractivity contribution in [1.29, 1.82) is 0 Å². The highest BCUT2D eigenvalue weighted by atomic mass is 35.5. The number of thiophene rings is 1. The van der Waals surface area contributed by atoms with Crippen LogP contribution < -0.4 is 11.1 Å². The van der Waals surface area contributed by atoms with Gasteiger partial charge in [-0.15, -0.1) is 11.3 Å². The van der Waals surface area contributed by atoms with Crippen LogP contribution in [0.3, 0.4) is 0 Å². The van der Waals surface area contributed by atoms with E-state index in [-0.39, 0.29) is 35.3 Å². The van der Waals surface area contributed by atoms with Gasteiger partial charge in [0, 0.05) is 40.8 Å². The molecule has 0 saturated carbocycles. The molecule has 2 aromatic carbocycles. The van der Waals surface area contributed by atoms with Crippen molar-refractivity contribution in [1.82, 2.24) is 24.5 Å². The van der Waals surface area contributed by atoms with Crippen LogP contribution in [0.15, 0.2) is 53.0 Å². The minimum atomic E-state index is -3.87. The van der Waals surface area contributed by atoms with E-state index in [2.05, 4.69) is 15.3 Å². The van der Waals surface area contributed by atoms with Crippen LogP contribution in [-0.2, 0) is 21.4 Å². The number of amides is 1. The number of carbonyl (C=O) groups excluding carboxylic acids is 1. The van der Waals surface area contributed by atoms with Gasteiger partial charge in [0.15, 0.2) is 0 Å². The summed E-state index contributed by atoms with van der Waals surface area (Å²) in [6.45, 7) is 4.78. The van der Waals surface area contributed by atoms with Gasteiger partial charge in [0.1, 0.15) is 16.4 Å². The number of benzene rings is 2. The summed E-state index contributed by atoms with van der Waals surface area (Å²) in [6.07, 6.45) is 1.41. The number of aromatic nitrogens is 2. The van der Waals surface area contributed by atoms with Gasteiger partial charge in [0.2, 0.25) is 5.91 Å². The molecular weight excluding hydrogens is 532 g/mol. The third-order valence-electron chi connectivity index (χ3n) is 6.39. The maximum Gasteiger partial charge on any atom is 0.253 e. The smallest absolute Gasteiger partial charge is 0.253 e. The van der Waals surface area contributed by atoms with Gasteiger partial charge in [-0.2, -0.15) is 4.31 Å². The molecule has 5 rings (SSSR count). The number of carbonyl (C=O) groups is 1. The van der Waals surface area contributed by atoms with Crippen LogP contribution in [0.2, 0.25) is 5.02 Å². The average Bonchev–Trinajstić information content (AvgIpc) is 3.28. The lowest BCUT2D eigenvalue weighted by Crippen LogP contribution is -2.60. The van der Waals surface area contributed by atoms with E-state index in [9.17, 15) is 13.2 Å². The van der Waals surface area contributed by atoms with Crippen LogP contribution in [0.4, 0.5) is 5.82 Å². The number of anilines is 1. The fourth-order valence-electron chi connectivity index (χ4n) is 4.44. The van der Waals surface area contributed by atoms with Crippen LogP contribution >= 0.6 is 22.9 Å². The lowest BCUT2D eigenvalue weighted by molar-refractivity contribution is -0.138. The van der Waals surface area contributed by atoms with Crippen LogP contribution in [0, 0.1) is 0 Å². The van der Waals surface area contributed by atoms with E-state index < -0.39 is 10.0 Å². The molecule has 1 atom stereocenters. The quantitative estimate of drug-likeness (QED) is 0.356.